The van der Waals surface area contributed by atoms with Crippen LogP contribution < -0.4 is 15.1 Å². The Labute approximate surface area is 160 Å². The smallest absolute Gasteiger partial charge is 0.227 e. The van der Waals surface area contributed by atoms with Crippen LogP contribution >= 0.6 is 0 Å². The Bertz CT molecular complexity index is 733. The fourth-order valence-electron chi connectivity index (χ4n) is 3.52. The molecule has 0 spiro atoms. The first-order valence-corrected chi connectivity index (χ1v) is 9.80. The molecule has 1 atom stereocenters. The fraction of sp³-hybridized carbons (Fsp3) is 0.579. The van der Waals surface area contributed by atoms with Gasteiger partial charge >= 0.3 is 0 Å². The van der Waals surface area contributed by atoms with Gasteiger partial charge in [0.1, 0.15) is 5.82 Å². The van der Waals surface area contributed by atoms with E-state index in [9.17, 15) is 0 Å². The van der Waals surface area contributed by atoms with Gasteiger partial charge in [-0.2, -0.15) is 4.98 Å². The molecule has 0 aliphatic carbocycles. The average molecular weight is 369 g/mol. The van der Waals surface area contributed by atoms with Gasteiger partial charge in [0.05, 0.1) is 13.2 Å². The Morgan fingerprint density at radius 2 is 1.89 bits per heavy atom. The Hall–Kier alpha value is -2.48. The summed E-state index contributed by atoms with van der Waals surface area (Å²) in [5, 5.41) is 3.58. The van der Waals surface area contributed by atoms with E-state index in [1.54, 1.807) is 0 Å². The third-order valence-electron chi connectivity index (χ3n) is 5.09. The number of piperidine rings is 1. The van der Waals surface area contributed by atoms with E-state index < -0.39 is 0 Å². The molecule has 1 N–H and O–H groups in total. The van der Waals surface area contributed by atoms with E-state index in [2.05, 4.69) is 37.0 Å². The van der Waals surface area contributed by atoms with Crippen molar-refractivity contribution in [3.8, 4) is 0 Å². The summed E-state index contributed by atoms with van der Waals surface area (Å²) in [6.45, 7) is 7.13. The maximum atomic E-state index is 5.41. The van der Waals surface area contributed by atoms with E-state index in [0.29, 0.717) is 6.04 Å². The van der Waals surface area contributed by atoms with Crippen molar-refractivity contribution in [3.63, 3.8) is 0 Å². The Morgan fingerprint density at radius 3 is 2.67 bits per heavy atom. The molecule has 2 aromatic rings. The van der Waals surface area contributed by atoms with Gasteiger partial charge in [-0.3, -0.25) is 0 Å². The van der Waals surface area contributed by atoms with Crippen LogP contribution in [0, 0.1) is 0 Å². The summed E-state index contributed by atoms with van der Waals surface area (Å²) in [6, 6.07) is 2.26. The van der Waals surface area contributed by atoms with Crippen LogP contribution in [0.2, 0.25) is 0 Å². The van der Waals surface area contributed by atoms with Gasteiger partial charge in [-0.15, -0.1) is 0 Å². The Kier molecular flexibility index (Phi) is 5.62. The normalized spacial score (nSPS) is 20.6. The molecule has 144 valence electrons. The fourth-order valence-corrected chi connectivity index (χ4v) is 3.52. The third-order valence-corrected chi connectivity index (χ3v) is 5.09. The van der Waals surface area contributed by atoms with Crippen LogP contribution in [-0.2, 0) is 11.2 Å². The van der Waals surface area contributed by atoms with Gasteiger partial charge in [0.15, 0.2) is 0 Å². The zero-order valence-corrected chi connectivity index (χ0v) is 15.8. The van der Waals surface area contributed by atoms with Crippen molar-refractivity contribution in [2.45, 2.75) is 32.2 Å². The minimum absolute atomic E-state index is 0.320. The monoisotopic (exact) mass is 369 g/mol. The summed E-state index contributed by atoms with van der Waals surface area (Å²) in [4.78, 5) is 22.6. The number of nitrogens with one attached hydrogen (secondary N) is 1. The molecule has 0 radical (unpaired) electrons. The largest absolute Gasteiger partial charge is 0.378 e. The van der Waals surface area contributed by atoms with Crippen molar-refractivity contribution >= 4 is 17.7 Å². The summed E-state index contributed by atoms with van der Waals surface area (Å²) in [7, 11) is 0. The third kappa shape index (κ3) is 4.44. The quantitative estimate of drug-likeness (QED) is 0.854. The number of ether oxygens (including phenoxy) is 1. The lowest BCUT2D eigenvalue weighted by Gasteiger charge is -2.33. The van der Waals surface area contributed by atoms with Gasteiger partial charge < -0.3 is 19.9 Å². The van der Waals surface area contributed by atoms with E-state index in [0.717, 1.165) is 76.4 Å². The van der Waals surface area contributed by atoms with E-state index in [-0.39, 0.29) is 0 Å². The molecule has 2 aliphatic heterocycles. The first-order chi connectivity index (χ1) is 13.3. The Balaban J connectivity index is 1.40. The summed E-state index contributed by atoms with van der Waals surface area (Å²) < 4.78 is 5.41. The highest BCUT2D eigenvalue weighted by Gasteiger charge is 2.22. The molecular formula is C19H27N7O. The highest BCUT2D eigenvalue weighted by Crippen LogP contribution is 2.20. The van der Waals surface area contributed by atoms with E-state index in [1.807, 2.05) is 24.7 Å². The first-order valence-electron chi connectivity index (χ1n) is 9.80. The summed E-state index contributed by atoms with van der Waals surface area (Å²) in [6.07, 6.45) is 8.87. The van der Waals surface area contributed by atoms with Crippen LogP contribution in [0.1, 0.15) is 25.3 Å². The number of anilines is 3. The molecule has 8 nitrogen and oxygen atoms in total. The highest BCUT2D eigenvalue weighted by molar-refractivity contribution is 5.43. The molecule has 2 fully saturated rings. The van der Waals surface area contributed by atoms with Gasteiger partial charge in [0, 0.05) is 50.8 Å². The number of morpholine rings is 1. The van der Waals surface area contributed by atoms with Crippen LogP contribution in [0.3, 0.4) is 0 Å². The molecule has 0 aromatic carbocycles. The second-order valence-electron chi connectivity index (χ2n) is 7.02. The number of rotatable bonds is 5. The van der Waals surface area contributed by atoms with Gasteiger partial charge in [-0.25, -0.2) is 15.0 Å². The number of aromatic nitrogens is 4. The van der Waals surface area contributed by atoms with Crippen molar-refractivity contribution in [1.82, 2.24) is 19.9 Å². The minimum atomic E-state index is 0.320. The molecule has 2 aliphatic rings. The second kappa shape index (κ2) is 8.47. The molecule has 27 heavy (non-hydrogen) atoms. The van der Waals surface area contributed by atoms with Crippen LogP contribution in [0.4, 0.5) is 17.7 Å². The average Bonchev–Trinajstić information content (AvgIpc) is 2.75. The molecule has 0 bridgehead atoms. The lowest BCUT2D eigenvalue weighted by atomic mass is 10.1. The SMILES string of the molecule is CCc1cnc(N2CCCC(Nc3ccnc(N4CCOCC4)n3)C2)nc1. The zero-order valence-electron chi connectivity index (χ0n) is 15.8. The van der Waals surface area contributed by atoms with E-state index in [4.69, 9.17) is 9.72 Å². The number of hydrogen-bond acceptors (Lipinski definition) is 8. The number of aryl methyl sites for hydroxylation is 1. The van der Waals surface area contributed by atoms with Gasteiger partial charge in [0.2, 0.25) is 11.9 Å². The summed E-state index contributed by atoms with van der Waals surface area (Å²) >= 11 is 0. The molecular weight excluding hydrogens is 342 g/mol. The molecule has 2 saturated heterocycles. The molecule has 4 rings (SSSR count). The number of nitrogens with zero attached hydrogens (tertiary/aromatic N) is 6. The van der Waals surface area contributed by atoms with Crippen molar-refractivity contribution in [2.75, 3.05) is 54.5 Å². The van der Waals surface area contributed by atoms with Crippen LogP contribution in [0.25, 0.3) is 0 Å². The predicted octanol–water partition coefficient (Wildman–Crippen LogP) is 1.75. The zero-order chi connectivity index (χ0) is 18.5. The van der Waals surface area contributed by atoms with Gasteiger partial charge in [0.25, 0.3) is 0 Å². The molecule has 4 heterocycles. The lowest BCUT2D eigenvalue weighted by Crippen LogP contribution is -2.43. The molecule has 2 aromatic heterocycles. The Morgan fingerprint density at radius 1 is 1.07 bits per heavy atom. The van der Waals surface area contributed by atoms with Crippen LogP contribution in [-0.4, -0.2) is 65.4 Å². The van der Waals surface area contributed by atoms with Crippen molar-refractivity contribution in [3.05, 3.63) is 30.2 Å². The van der Waals surface area contributed by atoms with Crippen LogP contribution in [0.5, 0.6) is 0 Å². The second-order valence-corrected chi connectivity index (χ2v) is 7.02. The number of hydrogen-bond donors (Lipinski definition) is 1. The van der Waals surface area contributed by atoms with Gasteiger partial charge in [-0.05, 0) is 30.9 Å². The molecule has 1 unspecified atom stereocenters. The van der Waals surface area contributed by atoms with Gasteiger partial charge in [-0.1, -0.05) is 6.92 Å². The molecule has 0 saturated carbocycles. The highest BCUT2D eigenvalue weighted by atomic mass is 16.5. The first kappa shape index (κ1) is 17.9. The van der Waals surface area contributed by atoms with Crippen molar-refractivity contribution in [2.24, 2.45) is 0 Å². The van der Waals surface area contributed by atoms with Crippen molar-refractivity contribution < 1.29 is 4.74 Å². The summed E-state index contributed by atoms with van der Waals surface area (Å²) in [5.41, 5.74) is 1.17. The van der Waals surface area contributed by atoms with Crippen LogP contribution in [0.15, 0.2) is 24.7 Å². The minimum Gasteiger partial charge on any atom is -0.378 e. The predicted molar refractivity (Wildman–Crippen MR) is 105 cm³/mol. The standard InChI is InChI=1S/C19H27N7O/c1-2-15-12-21-18(22-13-15)26-7-3-4-16(14-26)23-17-5-6-20-19(24-17)25-8-10-27-11-9-25/h5-6,12-13,16H,2-4,7-11,14H2,1H3,(H,20,23,24). The maximum Gasteiger partial charge on any atom is 0.227 e. The summed E-state index contributed by atoms with van der Waals surface area (Å²) in [5.74, 6) is 2.46. The molecule has 0 amide bonds. The van der Waals surface area contributed by atoms with E-state index in [1.165, 1.54) is 5.56 Å². The van der Waals surface area contributed by atoms with E-state index >= 15 is 0 Å². The lowest BCUT2D eigenvalue weighted by molar-refractivity contribution is 0.122. The molecule has 8 heteroatoms. The topological polar surface area (TPSA) is 79.3 Å². The van der Waals surface area contributed by atoms with Crippen molar-refractivity contribution in [1.29, 1.82) is 0 Å². The maximum absolute atomic E-state index is 5.41.